The van der Waals surface area contributed by atoms with Gasteiger partial charge in [0.15, 0.2) is 0 Å². The minimum atomic E-state index is -1.25. The van der Waals surface area contributed by atoms with Crippen LogP contribution in [-0.4, -0.2) is 36.6 Å². The molecule has 22 heavy (non-hydrogen) atoms. The molecule has 3 aromatic rings. The number of para-hydroxylation sites is 1. The van der Waals surface area contributed by atoms with E-state index in [1.54, 1.807) is 31.2 Å². The van der Waals surface area contributed by atoms with Gasteiger partial charge in [0.2, 0.25) is 0 Å². The molecule has 1 aromatic carbocycles. The molecule has 0 unspecified atom stereocenters. The van der Waals surface area contributed by atoms with Crippen LogP contribution in [0.1, 0.15) is 26.7 Å². The number of hydrogen-bond donors (Lipinski definition) is 2. The van der Waals surface area contributed by atoms with Crippen LogP contribution in [0.5, 0.6) is 0 Å². The van der Waals surface area contributed by atoms with Crippen molar-refractivity contribution < 1.29 is 14.7 Å². The van der Waals surface area contributed by atoms with Gasteiger partial charge in [-0.05, 0) is 19.1 Å². The third kappa shape index (κ3) is 2.37. The highest BCUT2D eigenvalue weighted by Gasteiger charge is 2.17. The second-order valence-electron chi connectivity index (χ2n) is 4.53. The van der Waals surface area contributed by atoms with Crippen molar-refractivity contribution in [3.8, 4) is 0 Å². The maximum Gasteiger partial charge on any atom is 0.375 e. The Balaban J connectivity index is 1.98. The quantitative estimate of drug-likeness (QED) is 0.756. The average Bonchev–Trinajstić information content (AvgIpc) is 2.94. The van der Waals surface area contributed by atoms with E-state index in [4.69, 9.17) is 5.11 Å². The molecule has 0 saturated heterocycles. The van der Waals surface area contributed by atoms with E-state index in [1.807, 2.05) is 6.07 Å². The van der Waals surface area contributed by atoms with Gasteiger partial charge in [-0.15, -0.1) is 5.10 Å². The van der Waals surface area contributed by atoms with Crippen molar-refractivity contribution >= 4 is 23.3 Å². The van der Waals surface area contributed by atoms with Crippen molar-refractivity contribution in [3.63, 3.8) is 0 Å². The minimum Gasteiger partial charge on any atom is -0.475 e. The SMILES string of the molecule is Cc1c(C(=O)Nc2ccccc2)cnc2nc(C(=O)O)nn12. The molecule has 2 N–H and O–H groups in total. The van der Waals surface area contributed by atoms with Crippen LogP contribution in [0.15, 0.2) is 36.5 Å². The van der Waals surface area contributed by atoms with E-state index in [9.17, 15) is 9.59 Å². The number of hydrogen-bond acceptors (Lipinski definition) is 5. The first kappa shape index (κ1) is 13.7. The van der Waals surface area contributed by atoms with Gasteiger partial charge in [0.1, 0.15) is 0 Å². The maximum atomic E-state index is 12.3. The predicted molar refractivity (Wildman–Crippen MR) is 76.9 cm³/mol. The standard InChI is InChI=1S/C14H11N5O3/c1-8-10(12(20)16-9-5-3-2-4-6-9)7-15-14-17-11(13(21)22)18-19(8)14/h2-7H,1H3,(H,16,20)(H,21,22). The van der Waals surface area contributed by atoms with Crippen molar-refractivity contribution in [2.45, 2.75) is 6.92 Å². The topological polar surface area (TPSA) is 109 Å². The summed E-state index contributed by atoms with van der Waals surface area (Å²) in [6, 6.07) is 8.98. The molecular formula is C14H11N5O3. The van der Waals surface area contributed by atoms with E-state index in [2.05, 4.69) is 20.4 Å². The summed E-state index contributed by atoms with van der Waals surface area (Å²) < 4.78 is 1.24. The molecule has 1 amide bonds. The highest BCUT2D eigenvalue weighted by molar-refractivity contribution is 6.04. The number of benzene rings is 1. The fraction of sp³-hybridized carbons (Fsp3) is 0.0714. The van der Waals surface area contributed by atoms with Gasteiger partial charge < -0.3 is 10.4 Å². The van der Waals surface area contributed by atoms with Crippen LogP contribution in [-0.2, 0) is 0 Å². The van der Waals surface area contributed by atoms with Crippen molar-refractivity contribution in [2.75, 3.05) is 5.32 Å². The summed E-state index contributed by atoms with van der Waals surface area (Å²) in [4.78, 5) is 30.9. The van der Waals surface area contributed by atoms with Crippen LogP contribution >= 0.6 is 0 Å². The van der Waals surface area contributed by atoms with Crippen LogP contribution in [0, 0.1) is 6.92 Å². The Morgan fingerprint density at radius 3 is 2.64 bits per heavy atom. The highest BCUT2D eigenvalue weighted by Crippen LogP contribution is 2.12. The van der Waals surface area contributed by atoms with Crippen LogP contribution in [0.2, 0.25) is 0 Å². The van der Waals surface area contributed by atoms with Crippen LogP contribution in [0.4, 0.5) is 5.69 Å². The number of carbonyl (C=O) groups excluding carboxylic acids is 1. The average molecular weight is 297 g/mol. The van der Waals surface area contributed by atoms with Gasteiger partial charge in [-0.1, -0.05) is 18.2 Å². The third-order valence-electron chi connectivity index (χ3n) is 3.07. The van der Waals surface area contributed by atoms with Crippen molar-refractivity contribution in [2.24, 2.45) is 0 Å². The molecule has 2 aromatic heterocycles. The van der Waals surface area contributed by atoms with Gasteiger partial charge in [0, 0.05) is 11.9 Å². The van der Waals surface area contributed by atoms with Crippen LogP contribution < -0.4 is 5.32 Å². The fourth-order valence-corrected chi connectivity index (χ4v) is 1.98. The molecule has 0 aliphatic carbocycles. The number of carboxylic acids is 1. The summed E-state index contributed by atoms with van der Waals surface area (Å²) in [5.74, 6) is -1.84. The maximum absolute atomic E-state index is 12.3. The van der Waals surface area contributed by atoms with Crippen molar-refractivity contribution in [3.05, 3.63) is 53.6 Å². The molecule has 0 saturated carbocycles. The number of amides is 1. The zero-order valence-corrected chi connectivity index (χ0v) is 11.5. The van der Waals surface area contributed by atoms with Gasteiger partial charge in [-0.25, -0.2) is 9.78 Å². The Kier molecular flexibility index (Phi) is 3.26. The second-order valence-corrected chi connectivity index (χ2v) is 4.53. The Bertz CT molecular complexity index is 873. The molecule has 110 valence electrons. The second kappa shape index (κ2) is 5.24. The molecule has 0 atom stereocenters. The van der Waals surface area contributed by atoms with E-state index < -0.39 is 5.97 Å². The van der Waals surface area contributed by atoms with Gasteiger partial charge in [0.05, 0.1) is 11.3 Å². The number of aromatic nitrogens is 4. The van der Waals surface area contributed by atoms with Crippen molar-refractivity contribution in [1.82, 2.24) is 19.6 Å². The lowest BCUT2D eigenvalue weighted by Gasteiger charge is -2.07. The first-order chi connectivity index (χ1) is 10.6. The highest BCUT2D eigenvalue weighted by atomic mass is 16.4. The Labute approximate surface area is 124 Å². The molecule has 2 heterocycles. The monoisotopic (exact) mass is 297 g/mol. The zero-order chi connectivity index (χ0) is 15.7. The van der Waals surface area contributed by atoms with E-state index in [-0.39, 0.29) is 23.1 Å². The first-order valence-electron chi connectivity index (χ1n) is 6.38. The summed E-state index contributed by atoms with van der Waals surface area (Å²) in [5, 5.41) is 15.5. The molecule has 8 heteroatoms. The number of carbonyl (C=O) groups is 2. The number of nitrogens with one attached hydrogen (secondary N) is 1. The lowest BCUT2D eigenvalue weighted by atomic mass is 10.2. The molecule has 0 aliphatic rings. The summed E-state index contributed by atoms with van der Waals surface area (Å²) in [5.41, 5.74) is 1.40. The van der Waals surface area contributed by atoms with Gasteiger partial charge in [-0.3, -0.25) is 4.79 Å². The molecule has 3 rings (SSSR count). The minimum absolute atomic E-state index is 0.131. The largest absolute Gasteiger partial charge is 0.475 e. The summed E-state index contributed by atoms with van der Waals surface area (Å²) in [6.07, 6.45) is 1.35. The van der Waals surface area contributed by atoms with E-state index in [1.165, 1.54) is 10.7 Å². The normalized spacial score (nSPS) is 10.6. The fourth-order valence-electron chi connectivity index (χ4n) is 1.98. The van der Waals surface area contributed by atoms with E-state index >= 15 is 0 Å². The summed E-state index contributed by atoms with van der Waals surface area (Å²) in [7, 11) is 0. The molecule has 0 radical (unpaired) electrons. The number of anilines is 1. The molecular weight excluding hydrogens is 286 g/mol. The molecule has 0 bridgehead atoms. The van der Waals surface area contributed by atoms with Gasteiger partial charge >= 0.3 is 5.97 Å². The lowest BCUT2D eigenvalue weighted by molar-refractivity contribution is 0.0683. The first-order valence-corrected chi connectivity index (χ1v) is 6.38. The number of nitrogens with zero attached hydrogens (tertiary/aromatic N) is 4. The van der Waals surface area contributed by atoms with E-state index in [0.717, 1.165) is 0 Å². The Hall–Kier alpha value is -3.29. The number of rotatable bonds is 3. The van der Waals surface area contributed by atoms with E-state index in [0.29, 0.717) is 11.4 Å². The molecule has 0 fully saturated rings. The van der Waals surface area contributed by atoms with Crippen LogP contribution in [0.3, 0.4) is 0 Å². The number of carboxylic acid groups (broad SMARTS) is 1. The Morgan fingerprint density at radius 1 is 1.23 bits per heavy atom. The number of aromatic carboxylic acids is 1. The van der Waals surface area contributed by atoms with Crippen LogP contribution in [0.25, 0.3) is 5.78 Å². The predicted octanol–water partition coefficient (Wildman–Crippen LogP) is 1.38. The van der Waals surface area contributed by atoms with Gasteiger partial charge in [-0.2, -0.15) is 9.50 Å². The Morgan fingerprint density at radius 2 is 1.95 bits per heavy atom. The number of aryl methyl sites for hydroxylation is 1. The number of fused-ring (bicyclic) bond motifs is 1. The summed E-state index contributed by atoms with van der Waals surface area (Å²) in [6.45, 7) is 1.65. The lowest BCUT2D eigenvalue weighted by Crippen LogP contribution is -2.16. The molecule has 0 spiro atoms. The zero-order valence-electron chi connectivity index (χ0n) is 11.5. The van der Waals surface area contributed by atoms with Gasteiger partial charge in [0.25, 0.3) is 17.5 Å². The van der Waals surface area contributed by atoms with Crippen molar-refractivity contribution in [1.29, 1.82) is 0 Å². The third-order valence-corrected chi connectivity index (χ3v) is 3.07. The molecule has 0 aliphatic heterocycles. The summed E-state index contributed by atoms with van der Waals surface area (Å²) >= 11 is 0. The molecule has 8 nitrogen and oxygen atoms in total. The smallest absolute Gasteiger partial charge is 0.375 e.